The summed E-state index contributed by atoms with van der Waals surface area (Å²) < 4.78 is 38.2. The van der Waals surface area contributed by atoms with Gasteiger partial charge in [-0.3, -0.25) is 4.79 Å². The van der Waals surface area contributed by atoms with Crippen LogP contribution in [0.15, 0.2) is 48.5 Å². The normalized spacial score (nSPS) is 10.3. The number of carbonyl (C=O) groups excluding carboxylic acids is 2. The quantitative estimate of drug-likeness (QED) is 0.704. The van der Waals surface area contributed by atoms with Crippen LogP contribution in [-0.4, -0.2) is 31.7 Å². The van der Waals surface area contributed by atoms with E-state index in [1.54, 1.807) is 24.3 Å². The molecule has 0 aromatic heterocycles. The van der Waals surface area contributed by atoms with Crippen molar-refractivity contribution in [2.45, 2.75) is 6.61 Å². The van der Waals surface area contributed by atoms with Crippen LogP contribution in [0.3, 0.4) is 0 Å². The number of benzene rings is 2. The summed E-state index contributed by atoms with van der Waals surface area (Å²) in [5.74, 6) is -1.07. The average molecular weight is 386 g/mol. The van der Waals surface area contributed by atoms with Crippen LogP contribution in [0, 0.1) is 0 Å². The summed E-state index contributed by atoms with van der Waals surface area (Å²) in [5.41, 5.74) is 0.333. The van der Waals surface area contributed by atoms with Crippen molar-refractivity contribution in [3.05, 3.63) is 53.6 Å². The van der Waals surface area contributed by atoms with Gasteiger partial charge in [-0.05, 0) is 36.4 Å². The van der Waals surface area contributed by atoms with Gasteiger partial charge in [-0.1, -0.05) is 23.7 Å². The number of esters is 1. The molecule has 0 fully saturated rings. The van der Waals surface area contributed by atoms with Crippen LogP contribution in [0.2, 0.25) is 5.02 Å². The Hall–Kier alpha value is -2.87. The van der Waals surface area contributed by atoms with Crippen molar-refractivity contribution in [3.8, 4) is 11.5 Å². The number of halogens is 3. The fourth-order valence-electron chi connectivity index (χ4n) is 1.80. The molecule has 0 radical (unpaired) electrons. The molecule has 0 spiro atoms. The molecule has 9 heteroatoms. The summed E-state index contributed by atoms with van der Waals surface area (Å²) in [6.07, 6.45) is 0. The molecule has 0 unspecified atom stereocenters. The molecule has 0 aliphatic heterocycles. The van der Waals surface area contributed by atoms with Gasteiger partial charge in [0.2, 0.25) is 0 Å². The molecule has 2 rings (SSSR count). The van der Waals surface area contributed by atoms with Gasteiger partial charge in [-0.25, -0.2) is 4.79 Å². The number of hydrogen-bond acceptors (Lipinski definition) is 5. The van der Waals surface area contributed by atoms with E-state index >= 15 is 0 Å². The highest BCUT2D eigenvalue weighted by Crippen LogP contribution is 2.23. The maximum Gasteiger partial charge on any atom is 0.387 e. The second-order valence-electron chi connectivity index (χ2n) is 4.83. The third-order valence-electron chi connectivity index (χ3n) is 2.91. The second kappa shape index (κ2) is 9.57. The zero-order valence-electron chi connectivity index (χ0n) is 13.3. The molecule has 1 N–H and O–H groups in total. The lowest BCUT2D eigenvalue weighted by Crippen LogP contribution is -2.23. The Balaban J connectivity index is 1.72. The molecule has 6 nitrogen and oxygen atoms in total. The van der Waals surface area contributed by atoms with Crippen molar-refractivity contribution in [1.82, 2.24) is 0 Å². The maximum atomic E-state index is 12.0. The lowest BCUT2D eigenvalue weighted by Gasteiger charge is -2.09. The smallest absolute Gasteiger partial charge is 0.387 e. The molecule has 2 aromatic rings. The fraction of sp³-hybridized carbons (Fsp3) is 0.176. The van der Waals surface area contributed by atoms with Crippen molar-refractivity contribution in [3.63, 3.8) is 0 Å². The van der Waals surface area contributed by atoms with Gasteiger partial charge in [0.25, 0.3) is 5.91 Å². The predicted molar refractivity (Wildman–Crippen MR) is 89.6 cm³/mol. The van der Waals surface area contributed by atoms with Gasteiger partial charge in [0.1, 0.15) is 11.5 Å². The summed E-state index contributed by atoms with van der Waals surface area (Å²) in [4.78, 5) is 23.3. The van der Waals surface area contributed by atoms with E-state index in [4.69, 9.17) is 21.1 Å². The van der Waals surface area contributed by atoms with E-state index in [2.05, 4.69) is 10.1 Å². The molecule has 138 valence electrons. The van der Waals surface area contributed by atoms with Crippen LogP contribution in [0.4, 0.5) is 14.5 Å². The van der Waals surface area contributed by atoms with E-state index in [0.29, 0.717) is 16.5 Å². The van der Waals surface area contributed by atoms with Gasteiger partial charge >= 0.3 is 12.6 Å². The van der Waals surface area contributed by atoms with Gasteiger partial charge in [-0.15, -0.1) is 0 Å². The highest BCUT2D eigenvalue weighted by Gasteiger charge is 2.10. The summed E-state index contributed by atoms with van der Waals surface area (Å²) in [6, 6.07) is 11.9. The standard InChI is InChI=1S/C17H14ClF2NO5/c18-13-3-1-2-4-14(13)24-10-16(23)25-9-15(22)21-11-5-7-12(8-6-11)26-17(19)20/h1-8,17H,9-10H2,(H,21,22). The number of alkyl halides is 2. The minimum absolute atomic E-state index is 0.0406. The molecular formula is C17H14ClF2NO5. The molecule has 26 heavy (non-hydrogen) atoms. The van der Waals surface area contributed by atoms with E-state index < -0.39 is 31.7 Å². The minimum atomic E-state index is -2.93. The molecule has 2 aromatic carbocycles. The number of nitrogens with one attached hydrogen (secondary N) is 1. The number of para-hydroxylation sites is 1. The van der Waals surface area contributed by atoms with E-state index in [1.165, 1.54) is 24.3 Å². The third kappa shape index (κ3) is 6.56. The minimum Gasteiger partial charge on any atom is -0.480 e. The monoisotopic (exact) mass is 385 g/mol. The molecule has 0 aliphatic rings. The van der Waals surface area contributed by atoms with Crippen LogP contribution >= 0.6 is 11.6 Å². The van der Waals surface area contributed by atoms with Crippen molar-refractivity contribution < 1.29 is 32.6 Å². The molecular weight excluding hydrogens is 372 g/mol. The van der Waals surface area contributed by atoms with E-state index in [1.807, 2.05) is 0 Å². The first-order valence-electron chi connectivity index (χ1n) is 7.31. The number of carbonyl (C=O) groups is 2. The highest BCUT2D eigenvalue weighted by molar-refractivity contribution is 6.32. The summed E-state index contributed by atoms with van der Waals surface area (Å²) in [5, 5.41) is 2.78. The van der Waals surface area contributed by atoms with Crippen LogP contribution in [-0.2, 0) is 14.3 Å². The Labute approximate surface area is 152 Å². The lowest BCUT2D eigenvalue weighted by molar-refractivity contribution is -0.149. The number of ether oxygens (including phenoxy) is 3. The largest absolute Gasteiger partial charge is 0.480 e. The molecule has 0 heterocycles. The zero-order chi connectivity index (χ0) is 18.9. The topological polar surface area (TPSA) is 73.9 Å². The maximum absolute atomic E-state index is 12.0. The number of anilines is 1. The van der Waals surface area contributed by atoms with E-state index in [-0.39, 0.29) is 5.75 Å². The van der Waals surface area contributed by atoms with Crippen molar-refractivity contribution in [2.24, 2.45) is 0 Å². The number of rotatable bonds is 8. The zero-order valence-corrected chi connectivity index (χ0v) is 14.0. The fourth-order valence-corrected chi connectivity index (χ4v) is 1.99. The SMILES string of the molecule is O=C(COC(=O)COc1ccccc1Cl)Nc1ccc(OC(F)F)cc1. The molecule has 0 saturated heterocycles. The van der Waals surface area contributed by atoms with E-state index in [0.717, 1.165) is 0 Å². The van der Waals surface area contributed by atoms with Crippen LogP contribution in [0.1, 0.15) is 0 Å². The Morgan fingerprint density at radius 2 is 1.73 bits per heavy atom. The van der Waals surface area contributed by atoms with Gasteiger partial charge in [-0.2, -0.15) is 8.78 Å². The Morgan fingerprint density at radius 3 is 2.38 bits per heavy atom. The highest BCUT2D eigenvalue weighted by atomic mass is 35.5. The Morgan fingerprint density at radius 1 is 1.04 bits per heavy atom. The average Bonchev–Trinajstić information content (AvgIpc) is 2.60. The number of hydrogen-bond donors (Lipinski definition) is 1. The molecule has 0 saturated carbocycles. The number of amides is 1. The molecule has 0 aliphatic carbocycles. The van der Waals surface area contributed by atoms with Crippen molar-refractivity contribution in [1.29, 1.82) is 0 Å². The predicted octanol–water partition coefficient (Wildman–Crippen LogP) is 3.50. The van der Waals surface area contributed by atoms with Crippen molar-refractivity contribution in [2.75, 3.05) is 18.5 Å². The summed E-state index contributed by atoms with van der Waals surface area (Å²) >= 11 is 5.87. The van der Waals surface area contributed by atoms with Crippen LogP contribution < -0.4 is 14.8 Å². The third-order valence-corrected chi connectivity index (χ3v) is 3.22. The molecule has 0 bridgehead atoms. The van der Waals surface area contributed by atoms with Gasteiger partial charge in [0.15, 0.2) is 13.2 Å². The van der Waals surface area contributed by atoms with Gasteiger partial charge in [0, 0.05) is 5.69 Å². The van der Waals surface area contributed by atoms with E-state index in [9.17, 15) is 18.4 Å². The van der Waals surface area contributed by atoms with Crippen molar-refractivity contribution >= 4 is 29.2 Å². The van der Waals surface area contributed by atoms with Gasteiger partial charge < -0.3 is 19.5 Å². The van der Waals surface area contributed by atoms with Crippen LogP contribution in [0.25, 0.3) is 0 Å². The Bertz CT molecular complexity index is 755. The first-order chi connectivity index (χ1) is 12.4. The first kappa shape index (κ1) is 19.5. The van der Waals surface area contributed by atoms with Crippen LogP contribution in [0.5, 0.6) is 11.5 Å². The molecule has 0 atom stereocenters. The summed E-state index contributed by atoms with van der Waals surface area (Å²) in [7, 11) is 0. The lowest BCUT2D eigenvalue weighted by atomic mass is 10.3. The molecule has 1 amide bonds. The summed E-state index contributed by atoms with van der Waals surface area (Å²) in [6.45, 7) is -3.86. The Kier molecular flexibility index (Phi) is 7.16. The second-order valence-corrected chi connectivity index (χ2v) is 5.24. The van der Waals surface area contributed by atoms with Gasteiger partial charge in [0.05, 0.1) is 5.02 Å². The first-order valence-corrected chi connectivity index (χ1v) is 7.69.